The van der Waals surface area contributed by atoms with Crippen LogP contribution in [0.2, 0.25) is 0 Å². The number of benzene rings is 1. The highest BCUT2D eigenvalue weighted by atomic mass is 15.3. The third kappa shape index (κ3) is 2.51. The van der Waals surface area contributed by atoms with Crippen LogP contribution in [0.3, 0.4) is 0 Å². The molecule has 100 valence electrons. The fourth-order valence-electron chi connectivity index (χ4n) is 2.13. The summed E-state index contributed by atoms with van der Waals surface area (Å²) in [6.07, 6.45) is 0. The van der Waals surface area contributed by atoms with Crippen molar-refractivity contribution in [1.29, 1.82) is 0 Å². The molecule has 0 amide bonds. The number of aromatic nitrogens is 2. The summed E-state index contributed by atoms with van der Waals surface area (Å²) >= 11 is 0. The van der Waals surface area contributed by atoms with Crippen LogP contribution >= 0.6 is 0 Å². The topological polar surface area (TPSA) is 67.1 Å². The Morgan fingerprint density at radius 1 is 1.11 bits per heavy atom. The van der Waals surface area contributed by atoms with Crippen LogP contribution in [0.1, 0.15) is 17.0 Å². The molecular formula is C14H19N5. The number of hydrogen-bond donors (Lipinski definition) is 2. The number of nitrogens with zero attached hydrogens (tertiary/aromatic N) is 3. The van der Waals surface area contributed by atoms with Crippen LogP contribution in [0.4, 0.5) is 17.3 Å². The van der Waals surface area contributed by atoms with E-state index in [1.165, 1.54) is 5.56 Å². The van der Waals surface area contributed by atoms with Crippen molar-refractivity contribution < 1.29 is 0 Å². The van der Waals surface area contributed by atoms with Crippen LogP contribution in [-0.4, -0.2) is 17.0 Å². The van der Waals surface area contributed by atoms with Gasteiger partial charge in [0.2, 0.25) is 0 Å². The molecule has 3 N–H and O–H groups in total. The summed E-state index contributed by atoms with van der Waals surface area (Å²) in [5.74, 6) is 7.70. The number of rotatable bonds is 3. The van der Waals surface area contributed by atoms with Crippen LogP contribution in [0.5, 0.6) is 0 Å². The molecule has 0 aliphatic carbocycles. The van der Waals surface area contributed by atoms with E-state index in [2.05, 4.69) is 39.4 Å². The quantitative estimate of drug-likeness (QED) is 0.653. The van der Waals surface area contributed by atoms with Crippen molar-refractivity contribution in [3.8, 4) is 0 Å². The third-order valence-corrected chi connectivity index (χ3v) is 3.16. The zero-order valence-electron chi connectivity index (χ0n) is 11.7. The molecule has 19 heavy (non-hydrogen) atoms. The molecule has 5 nitrogen and oxygen atoms in total. The van der Waals surface area contributed by atoms with E-state index in [1.807, 2.05) is 33.0 Å². The van der Waals surface area contributed by atoms with Gasteiger partial charge in [0.1, 0.15) is 17.5 Å². The number of nitrogens with two attached hydrogens (primary N) is 1. The largest absolute Gasteiger partial charge is 0.329 e. The summed E-state index contributed by atoms with van der Waals surface area (Å²) in [7, 11) is 2.00. The predicted molar refractivity (Wildman–Crippen MR) is 78.6 cm³/mol. The van der Waals surface area contributed by atoms with Crippen molar-refractivity contribution in [2.24, 2.45) is 5.84 Å². The van der Waals surface area contributed by atoms with Gasteiger partial charge in [0.05, 0.1) is 0 Å². The lowest BCUT2D eigenvalue weighted by Gasteiger charge is -2.23. The lowest BCUT2D eigenvalue weighted by Crippen LogP contribution is -2.18. The zero-order chi connectivity index (χ0) is 14.0. The Morgan fingerprint density at radius 2 is 1.79 bits per heavy atom. The smallest absolute Gasteiger partial charge is 0.148 e. The van der Waals surface area contributed by atoms with Crippen LogP contribution in [0, 0.1) is 20.8 Å². The van der Waals surface area contributed by atoms with Crippen molar-refractivity contribution in [3.63, 3.8) is 0 Å². The maximum Gasteiger partial charge on any atom is 0.148 e. The van der Waals surface area contributed by atoms with E-state index in [1.54, 1.807) is 0 Å². The first-order chi connectivity index (χ1) is 9.04. The normalized spacial score (nSPS) is 10.4. The summed E-state index contributed by atoms with van der Waals surface area (Å²) in [4.78, 5) is 10.9. The Hall–Kier alpha value is -2.14. The second-order valence-electron chi connectivity index (χ2n) is 4.56. The van der Waals surface area contributed by atoms with Crippen molar-refractivity contribution in [2.75, 3.05) is 17.4 Å². The number of aryl methyl sites for hydroxylation is 2. The second kappa shape index (κ2) is 5.24. The third-order valence-electron chi connectivity index (χ3n) is 3.16. The number of nitrogen functional groups attached to an aromatic ring is 1. The molecule has 1 aromatic heterocycles. The number of nitrogens with one attached hydrogen (secondary N) is 1. The van der Waals surface area contributed by atoms with Crippen LogP contribution < -0.4 is 16.2 Å². The molecular weight excluding hydrogens is 238 g/mol. The van der Waals surface area contributed by atoms with E-state index < -0.39 is 0 Å². The maximum absolute atomic E-state index is 5.50. The standard InChI is InChI=1S/C14H19N5/c1-9-7-5-6-8-12(9)19(4)14-10(2)13(18-15)16-11(3)17-14/h5-8H,15H2,1-4H3,(H,16,17,18). The van der Waals surface area contributed by atoms with Gasteiger partial charge in [-0.15, -0.1) is 0 Å². The van der Waals surface area contributed by atoms with Gasteiger partial charge in [0, 0.05) is 18.3 Å². The molecule has 0 fully saturated rings. The fraction of sp³-hybridized carbons (Fsp3) is 0.286. The Morgan fingerprint density at radius 3 is 2.42 bits per heavy atom. The molecule has 0 radical (unpaired) electrons. The molecule has 0 bridgehead atoms. The summed E-state index contributed by atoms with van der Waals surface area (Å²) in [5, 5.41) is 0. The first-order valence-corrected chi connectivity index (χ1v) is 6.15. The highest BCUT2D eigenvalue weighted by molar-refractivity contribution is 5.68. The summed E-state index contributed by atoms with van der Waals surface area (Å²) < 4.78 is 0. The fourth-order valence-corrected chi connectivity index (χ4v) is 2.13. The van der Waals surface area contributed by atoms with Gasteiger partial charge in [0.25, 0.3) is 0 Å². The SMILES string of the molecule is Cc1nc(NN)c(C)c(N(C)c2ccccc2C)n1. The maximum atomic E-state index is 5.50. The van der Waals surface area contributed by atoms with Crippen molar-refractivity contribution in [2.45, 2.75) is 20.8 Å². The van der Waals surface area contributed by atoms with E-state index in [4.69, 9.17) is 5.84 Å². The minimum atomic E-state index is 0.655. The van der Waals surface area contributed by atoms with Crippen molar-refractivity contribution in [3.05, 3.63) is 41.2 Å². The van der Waals surface area contributed by atoms with Gasteiger partial charge >= 0.3 is 0 Å². The van der Waals surface area contributed by atoms with Gasteiger partial charge in [-0.3, -0.25) is 0 Å². The van der Waals surface area contributed by atoms with Crippen LogP contribution in [0.25, 0.3) is 0 Å². The molecule has 0 aliphatic heterocycles. The second-order valence-corrected chi connectivity index (χ2v) is 4.56. The van der Waals surface area contributed by atoms with Crippen molar-refractivity contribution >= 4 is 17.3 Å². The molecule has 0 spiro atoms. The monoisotopic (exact) mass is 257 g/mol. The molecule has 2 rings (SSSR count). The van der Waals surface area contributed by atoms with E-state index >= 15 is 0 Å². The molecule has 1 aromatic carbocycles. The van der Waals surface area contributed by atoms with Gasteiger partial charge in [-0.25, -0.2) is 15.8 Å². The summed E-state index contributed by atoms with van der Waals surface area (Å²) in [6, 6.07) is 8.20. The Kier molecular flexibility index (Phi) is 3.66. The predicted octanol–water partition coefficient (Wildman–Crippen LogP) is 2.46. The lowest BCUT2D eigenvalue weighted by atomic mass is 10.1. The number of para-hydroxylation sites is 1. The van der Waals surface area contributed by atoms with Crippen LogP contribution in [0.15, 0.2) is 24.3 Å². The minimum Gasteiger partial charge on any atom is -0.329 e. The molecule has 0 unspecified atom stereocenters. The van der Waals surface area contributed by atoms with Gasteiger partial charge in [-0.1, -0.05) is 18.2 Å². The Bertz CT molecular complexity index is 594. The average molecular weight is 257 g/mol. The Labute approximate surface area is 113 Å². The molecule has 0 atom stereocenters. The molecule has 0 saturated heterocycles. The lowest BCUT2D eigenvalue weighted by molar-refractivity contribution is 0.984. The number of anilines is 3. The summed E-state index contributed by atoms with van der Waals surface area (Å²) in [6.45, 7) is 5.89. The van der Waals surface area contributed by atoms with Gasteiger partial charge < -0.3 is 10.3 Å². The van der Waals surface area contributed by atoms with E-state index in [0.717, 1.165) is 17.1 Å². The first kappa shape index (κ1) is 13.3. The number of hydrogen-bond acceptors (Lipinski definition) is 5. The van der Waals surface area contributed by atoms with E-state index in [0.29, 0.717) is 11.6 Å². The highest BCUT2D eigenvalue weighted by Gasteiger charge is 2.14. The van der Waals surface area contributed by atoms with Gasteiger partial charge in [0.15, 0.2) is 0 Å². The molecule has 0 saturated carbocycles. The molecule has 0 aliphatic rings. The average Bonchev–Trinajstić information content (AvgIpc) is 2.40. The van der Waals surface area contributed by atoms with Gasteiger partial charge in [-0.05, 0) is 32.4 Å². The minimum absolute atomic E-state index is 0.655. The zero-order valence-corrected chi connectivity index (χ0v) is 11.7. The highest BCUT2D eigenvalue weighted by Crippen LogP contribution is 2.29. The van der Waals surface area contributed by atoms with E-state index in [9.17, 15) is 0 Å². The van der Waals surface area contributed by atoms with E-state index in [-0.39, 0.29) is 0 Å². The van der Waals surface area contributed by atoms with Gasteiger partial charge in [-0.2, -0.15) is 0 Å². The number of hydrazine groups is 1. The first-order valence-electron chi connectivity index (χ1n) is 6.15. The Balaban J connectivity index is 2.53. The van der Waals surface area contributed by atoms with Crippen molar-refractivity contribution in [1.82, 2.24) is 9.97 Å². The molecule has 5 heteroatoms. The molecule has 1 heterocycles. The molecule has 2 aromatic rings. The summed E-state index contributed by atoms with van der Waals surface area (Å²) in [5.41, 5.74) is 5.86. The van der Waals surface area contributed by atoms with Crippen LogP contribution in [-0.2, 0) is 0 Å².